The summed E-state index contributed by atoms with van der Waals surface area (Å²) in [6.45, 7) is 0.279. The second-order valence-corrected chi connectivity index (χ2v) is 8.53. The number of halogens is 2. The topological polar surface area (TPSA) is 84.9 Å². The Morgan fingerprint density at radius 1 is 1.03 bits per heavy atom. The predicted octanol–water partition coefficient (Wildman–Crippen LogP) is 5.36. The molecule has 4 amide bonds. The molecule has 0 spiro atoms. The van der Waals surface area contributed by atoms with Crippen molar-refractivity contribution in [3.8, 4) is 11.5 Å². The summed E-state index contributed by atoms with van der Waals surface area (Å²) in [4.78, 5) is 38.7. The summed E-state index contributed by atoms with van der Waals surface area (Å²) in [5.41, 5.74) is 1.59. The number of hydrogen-bond donors (Lipinski definition) is 1. The van der Waals surface area contributed by atoms with Gasteiger partial charge in [-0.25, -0.2) is 9.69 Å². The first-order valence-electron chi connectivity index (χ1n) is 10.1. The molecule has 1 fully saturated rings. The SMILES string of the molecule is COc1cc(/C=C2/C(=O)NC(=O)N(c3ccccc3)C2=O)cc(Br)c1OCc1ccc(Cl)cc1. The second-order valence-electron chi connectivity index (χ2n) is 7.24. The standard InChI is InChI=1S/C25H18BrClN2O5/c1-33-21-13-16(12-20(26)22(21)34-14-15-7-9-17(27)10-8-15)11-19-23(30)28-25(32)29(24(19)31)18-5-3-2-4-6-18/h2-13H,14H2,1H3,(H,28,30,32)/b19-11-. The van der Waals surface area contributed by atoms with Crippen molar-refractivity contribution in [3.63, 3.8) is 0 Å². The highest BCUT2D eigenvalue weighted by Gasteiger charge is 2.36. The molecule has 0 aromatic heterocycles. The molecule has 1 N–H and O–H groups in total. The van der Waals surface area contributed by atoms with Gasteiger partial charge in [0.05, 0.1) is 17.3 Å². The zero-order chi connectivity index (χ0) is 24.2. The lowest BCUT2D eigenvalue weighted by atomic mass is 10.1. The van der Waals surface area contributed by atoms with Gasteiger partial charge in [-0.2, -0.15) is 0 Å². The summed E-state index contributed by atoms with van der Waals surface area (Å²) < 4.78 is 12.0. The van der Waals surface area contributed by atoms with Crippen LogP contribution in [-0.4, -0.2) is 25.0 Å². The van der Waals surface area contributed by atoms with Crippen molar-refractivity contribution in [1.82, 2.24) is 5.32 Å². The maximum Gasteiger partial charge on any atom is 0.335 e. The first-order chi connectivity index (χ1) is 16.4. The van der Waals surface area contributed by atoms with Gasteiger partial charge >= 0.3 is 6.03 Å². The molecule has 172 valence electrons. The summed E-state index contributed by atoms with van der Waals surface area (Å²) in [6.07, 6.45) is 1.40. The third kappa shape index (κ3) is 4.98. The van der Waals surface area contributed by atoms with Gasteiger partial charge in [0.2, 0.25) is 0 Å². The van der Waals surface area contributed by atoms with E-state index in [2.05, 4.69) is 21.2 Å². The van der Waals surface area contributed by atoms with Crippen molar-refractivity contribution in [2.24, 2.45) is 0 Å². The number of anilines is 1. The fraction of sp³-hybridized carbons (Fsp3) is 0.0800. The maximum atomic E-state index is 13.0. The average molecular weight is 542 g/mol. The number of hydrogen-bond acceptors (Lipinski definition) is 5. The Labute approximate surface area is 209 Å². The van der Waals surface area contributed by atoms with Crippen LogP contribution in [0.25, 0.3) is 6.08 Å². The van der Waals surface area contributed by atoms with Crippen molar-refractivity contribution >= 4 is 57.1 Å². The van der Waals surface area contributed by atoms with E-state index in [-0.39, 0.29) is 12.2 Å². The quantitative estimate of drug-likeness (QED) is 0.336. The van der Waals surface area contributed by atoms with Gasteiger partial charge in [-0.15, -0.1) is 0 Å². The van der Waals surface area contributed by atoms with Crippen molar-refractivity contribution < 1.29 is 23.9 Å². The molecular weight excluding hydrogens is 524 g/mol. The van der Waals surface area contributed by atoms with Crippen LogP contribution in [0.5, 0.6) is 11.5 Å². The van der Waals surface area contributed by atoms with Crippen LogP contribution in [0, 0.1) is 0 Å². The zero-order valence-electron chi connectivity index (χ0n) is 17.9. The molecule has 0 bridgehead atoms. The van der Waals surface area contributed by atoms with Crippen LogP contribution in [0.2, 0.25) is 5.02 Å². The molecule has 0 unspecified atom stereocenters. The third-order valence-corrected chi connectivity index (χ3v) is 5.82. The van der Waals surface area contributed by atoms with Crippen LogP contribution in [0.3, 0.4) is 0 Å². The molecule has 0 atom stereocenters. The summed E-state index contributed by atoms with van der Waals surface area (Å²) in [6, 6.07) is 18.2. The Balaban J connectivity index is 1.63. The minimum atomic E-state index is -0.803. The molecule has 1 aliphatic heterocycles. The van der Waals surface area contributed by atoms with Crippen LogP contribution < -0.4 is 19.7 Å². The number of urea groups is 1. The highest BCUT2D eigenvalue weighted by molar-refractivity contribution is 9.10. The van der Waals surface area contributed by atoms with Crippen LogP contribution in [0.4, 0.5) is 10.5 Å². The van der Waals surface area contributed by atoms with Crippen molar-refractivity contribution in [2.75, 3.05) is 12.0 Å². The van der Waals surface area contributed by atoms with E-state index >= 15 is 0 Å². The molecule has 7 nitrogen and oxygen atoms in total. The summed E-state index contributed by atoms with van der Waals surface area (Å²) in [5.74, 6) is -0.645. The summed E-state index contributed by atoms with van der Waals surface area (Å²) >= 11 is 9.40. The lowest BCUT2D eigenvalue weighted by molar-refractivity contribution is -0.122. The number of carbonyl (C=O) groups excluding carboxylic acids is 3. The van der Waals surface area contributed by atoms with Gasteiger partial charge in [0.15, 0.2) is 11.5 Å². The molecule has 1 saturated heterocycles. The Morgan fingerprint density at radius 2 is 1.74 bits per heavy atom. The number of imide groups is 2. The number of benzene rings is 3. The first kappa shape index (κ1) is 23.5. The normalized spacial score (nSPS) is 14.9. The number of ether oxygens (including phenoxy) is 2. The number of nitrogens with one attached hydrogen (secondary N) is 1. The number of rotatable bonds is 6. The zero-order valence-corrected chi connectivity index (χ0v) is 20.2. The summed E-state index contributed by atoms with van der Waals surface area (Å²) in [7, 11) is 1.49. The van der Waals surface area contributed by atoms with Gasteiger partial charge in [0, 0.05) is 5.02 Å². The number of carbonyl (C=O) groups is 3. The Hall–Kier alpha value is -3.62. The van der Waals surface area contributed by atoms with Crippen LogP contribution in [0.1, 0.15) is 11.1 Å². The van der Waals surface area contributed by atoms with Gasteiger partial charge in [-0.3, -0.25) is 14.9 Å². The fourth-order valence-corrected chi connectivity index (χ4v) is 4.04. The molecule has 0 saturated carbocycles. The number of amides is 4. The Morgan fingerprint density at radius 3 is 2.41 bits per heavy atom. The Kier molecular flexibility index (Phi) is 7.00. The van der Waals surface area contributed by atoms with Crippen molar-refractivity contribution in [2.45, 2.75) is 6.61 Å². The lowest BCUT2D eigenvalue weighted by Gasteiger charge is -2.26. The molecule has 3 aromatic carbocycles. The molecule has 4 rings (SSSR count). The minimum absolute atomic E-state index is 0.188. The fourth-order valence-electron chi connectivity index (χ4n) is 3.34. The highest BCUT2D eigenvalue weighted by atomic mass is 79.9. The van der Waals surface area contributed by atoms with Crippen molar-refractivity contribution in [3.05, 3.63) is 92.9 Å². The van der Waals surface area contributed by atoms with Crippen LogP contribution in [0.15, 0.2) is 76.8 Å². The molecule has 1 heterocycles. The molecular formula is C25H18BrClN2O5. The molecule has 0 radical (unpaired) electrons. The van der Waals surface area contributed by atoms with Gasteiger partial charge in [-0.1, -0.05) is 41.9 Å². The number of nitrogens with zero attached hydrogens (tertiary/aromatic N) is 1. The van der Waals surface area contributed by atoms with Crippen LogP contribution in [-0.2, 0) is 16.2 Å². The molecule has 1 aliphatic rings. The average Bonchev–Trinajstić information content (AvgIpc) is 2.82. The van der Waals surface area contributed by atoms with E-state index in [4.69, 9.17) is 21.1 Å². The number of para-hydroxylation sites is 1. The predicted molar refractivity (Wildman–Crippen MR) is 132 cm³/mol. The lowest BCUT2D eigenvalue weighted by Crippen LogP contribution is -2.54. The molecule has 9 heteroatoms. The van der Waals surface area contributed by atoms with E-state index in [1.165, 1.54) is 13.2 Å². The van der Waals surface area contributed by atoms with Gasteiger partial charge in [0.25, 0.3) is 11.8 Å². The van der Waals surface area contributed by atoms with Gasteiger partial charge < -0.3 is 9.47 Å². The van der Waals surface area contributed by atoms with E-state index in [9.17, 15) is 14.4 Å². The minimum Gasteiger partial charge on any atom is -0.493 e. The van der Waals surface area contributed by atoms with Gasteiger partial charge in [0.1, 0.15) is 12.2 Å². The number of methoxy groups -OCH3 is 1. The monoisotopic (exact) mass is 540 g/mol. The first-order valence-corrected chi connectivity index (χ1v) is 11.3. The molecule has 3 aromatic rings. The second kappa shape index (κ2) is 10.1. The largest absolute Gasteiger partial charge is 0.493 e. The van der Waals surface area contributed by atoms with Gasteiger partial charge in [-0.05, 0) is 69.5 Å². The third-order valence-electron chi connectivity index (χ3n) is 4.98. The molecule has 0 aliphatic carbocycles. The van der Waals surface area contributed by atoms with Crippen molar-refractivity contribution in [1.29, 1.82) is 0 Å². The molecule has 34 heavy (non-hydrogen) atoms. The van der Waals surface area contributed by atoms with Crippen LogP contribution >= 0.6 is 27.5 Å². The Bertz CT molecular complexity index is 1290. The van der Waals surface area contributed by atoms with E-state index in [1.54, 1.807) is 54.6 Å². The number of barbiturate groups is 1. The van der Waals surface area contributed by atoms with E-state index in [1.807, 2.05) is 12.1 Å². The van der Waals surface area contributed by atoms with E-state index in [0.29, 0.717) is 32.2 Å². The van der Waals surface area contributed by atoms with E-state index in [0.717, 1.165) is 10.5 Å². The maximum absolute atomic E-state index is 13.0. The smallest absolute Gasteiger partial charge is 0.335 e. The summed E-state index contributed by atoms with van der Waals surface area (Å²) in [5, 5.41) is 2.84. The highest BCUT2D eigenvalue weighted by Crippen LogP contribution is 2.38. The van der Waals surface area contributed by atoms with E-state index < -0.39 is 17.8 Å².